The van der Waals surface area contributed by atoms with Crippen LogP contribution in [-0.4, -0.2) is 31.5 Å². The lowest BCUT2D eigenvalue weighted by molar-refractivity contribution is -0.108. The summed E-state index contributed by atoms with van der Waals surface area (Å²) >= 11 is 0. The van der Waals surface area contributed by atoms with Crippen molar-refractivity contribution in [2.75, 3.05) is 18.5 Å². The van der Waals surface area contributed by atoms with E-state index >= 15 is 0 Å². The van der Waals surface area contributed by atoms with E-state index in [2.05, 4.69) is 34.9 Å². The third kappa shape index (κ3) is 7.68. The highest BCUT2D eigenvalue weighted by molar-refractivity contribution is 6.05. The Hall–Kier alpha value is -5.89. The number of amides is 2. The van der Waals surface area contributed by atoms with E-state index in [0.29, 0.717) is 47.9 Å². The van der Waals surface area contributed by atoms with E-state index in [-0.39, 0.29) is 25.0 Å². The molecule has 236 valence electrons. The fourth-order valence-corrected chi connectivity index (χ4v) is 5.54. The molecule has 2 N–H and O–H groups in total. The standard InChI is InChI=1S/C39H34N2O6/c42-23-7-8-24-45-29-19-21-30(22-20-29)47-37-14-6-5-13-36(37)41-38(43)28-17-15-27(16-18-28)25-40-39(44)46-26-35-33-11-3-1-9-31(33)32-10-2-4-12-34(32)35/h1-6,9-23,35H,7-8,24-26H2,(H,40,44)(H,41,43). The van der Waals surface area contributed by atoms with Crippen molar-refractivity contribution >= 4 is 24.0 Å². The van der Waals surface area contributed by atoms with Crippen LogP contribution >= 0.6 is 0 Å². The van der Waals surface area contributed by atoms with Crippen LogP contribution in [0.3, 0.4) is 0 Å². The van der Waals surface area contributed by atoms with Gasteiger partial charge >= 0.3 is 6.09 Å². The number of para-hydroxylation sites is 2. The zero-order chi connectivity index (χ0) is 32.4. The summed E-state index contributed by atoms with van der Waals surface area (Å²) in [5.74, 6) is 1.45. The smallest absolute Gasteiger partial charge is 0.407 e. The average Bonchev–Trinajstić information content (AvgIpc) is 3.43. The maximum absolute atomic E-state index is 13.1. The topological polar surface area (TPSA) is 103 Å². The van der Waals surface area contributed by atoms with Crippen molar-refractivity contribution in [3.05, 3.63) is 144 Å². The lowest BCUT2D eigenvalue weighted by Crippen LogP contribution is -2.25. The lowest BCUT2D eigenvalue weighted by atomic mass is 9.98. The molecule has 1 aliphatic rings. The van der Waals surface area contributed by atoms with Gasteiger partial charge in [0.05, 0.1) is 12.3 Å². The molecule has 0 heterocycles. The van der Waals surface area contributed by atoms with Gasteiger partial charge in [0.1, 0.15) is 24.4 Å². The fourth-order valence-electron chi connectivity index (χ4n) is 5.54. The summed E-state index contributed by atoms with van der Waals surface area (Å²) in [5, 5.41) is 5.73. The molecule has 1 aliphatic carbocycles. The van der Waals surface area contributed by atoms with Crippen molar-refractivity contribution in [1.82, 2.24) is 5.32 Å². The number of alkyl carbamates (subject to hydrolysis) is 1. The molecule has 0 saturated heterocycles. The first-order chi connectivity index (χ1) is 23.1. The SMILES string of the molecule is O=CCCCOc1ccc(Oc2ccccc2NC(=O)c2ccc(CNC(=O)OCC3c4ccccc4-c4ccccc43)cc2)cc1. The molecule has 0 fully saturated rings. The second-order valence-corrected chi connectivity index (χ2v) is 11.1. The first-order valence-electron chi connectivity index (χ1n) is 15.5. The van der Waals surface area contributed by atoms with Crippen LogP contribution in [0.4, 0.5) is 10.5 Å². The van der Waals surface area contributed by atoms with Gasteiger partial charge in [0.25, 0.3) is 5.91 Å². The third-order valence-corrected chi connectivity index (χ3v) is 7.92. The van der Waals surface area contributed by atoms with Crippen molar-refractivity contribution in [2.24, 2.45) is 0 Å². The fraction of sp³-hybridized carbons (Fsp3) is 0.154. The van der Waals surface area contributed by atoms with Crippen LogP contribution in [0.25, 0.3) is 11.1 Å². The number of nitrogens with one attached hydrogen (secondary N) is 2. The average molecular weight is 627 g/mol. The molecule has 0 aromatic heterocycles. The highest BCUT2D eigenvalue weighted by atomic mass is 16.5. The van der Waals surface area contributed by atoms with Gasteiger partial charge in [-0.1, -0.05) is 72.8 Å². The quantitative estimate of drug-likeness (QED) is 0.101. The molecule has 47 heavy (non-hydrogen) atoms. The molecule has 8 nitrogen and oxygen atoms in total. The molecule has 2 amide bonds. The number of carbonyl (C=O) groups is 3. The maximum Gasteiger partial charge on any atom is 0.407 e. The van der Waals surface area contributed by atoms with Crippen LogP contribution < -0.4 is 20.1 Å². The van der Waals surface area contributed by atoms with Gasteiger partial charge in [0, 0.05) is 24.4 Å². The minimum atomic E-state index is -0.498. The highest BCUT2D eigenvalue weighted by Gasteiger charge is 2.29. The van der Waals surface area contributed by atoms with Crippen molar-refractivity contribution in [3.8, 4) is 28.4 Å². The summed E-state index contributed by atoms with van der Waals surface area (Å²) in [7, 11) is 0. The summed E-state index contributed by atoms with van der Waals surface area (Å²) < 4.78 is 17.3. The zero-order valence-electron chi connectivity index (χ0n) is 25.7. The number of unbranched alkanes of at least 4 members (excludes halogenated alkanes) is 1. The zero-order valence-corrected chi connectivity index (χ0v) is 25.7. The molecular formula is C39H34N2O6. The Labute approximate surface area is 273 Å². The lowest BCUT2D eigenvalue weighted by Gasteiger charge is -2.15. The predicted molar refractivity (Wildman–Crippen MR) is 180 cm³/mol. The van der Waals surface area contributed by atoms with Gasteiger partial charge in [-0.3, -0.25) is 4.79 Å². The van der Waals surface area contributed by atoms with Gasteiger partial charge in [0.15, 0.2) is 5.75 Å². The van der Waals surface area contributed by atoms with E-state index in [4.69, 9.17) is 14.2 Å². The van der Waals surface area contributed by atoms with Gasteiger partial charge in [-0.2, -0.15) is 0 Å². The Kier molecular flexibility index (Phi) is 9.88. The molecular weight excluding hydrogens is 592 g/mol. The molecule has 0 radical (unpaired) electrons. The molecule has 0 bridgehead atoms. The Balaban J connectivity index is 0.993. The van der Waals surface area contributed by atoms with Crippen LogP contribution in [0, 0.1) is 0 Å². The summed E-state index contributed by atoms with van der Waals surface area (Å²) in [5.41, 5.74) is 6.49. The van der Waals surface area contributed by atoms with Crippen molar-refractivity contribution < 1.29 is 28.6 Å². The summed E-state index contributed by atoms with van der Waals surface area (Å²) in [4.78, 5) is 36.1. The monoisotopic (exact) mass is 626 g/mol. The molecule has 0 aliphatic heterocycles. The molecule has 0 saturated carbocycles. The Bertz CT molecular complexity index is 1810. The normalized spacial score (nSPS) is 11.6. The Morgan fingerprint density at radius 2 is 1.36 bits per heavy atom. The molecule has 6 rings (SSSR count). The maximum atomic E-state index is 13.1. The van der Waals surface area contributed by atoms with E-state index in [0.717, 1.165) is 23.0 Å². The van der Waals surface area contributed by atoms with Gasteiger partial charge < -0.3 is 29.6 Å². The van der Waals surface area contributed by atoms with Crippen LogP contribution in [-0.2, 0) is 16.1 Å². The van der Waals surface area contributed by atoms with Crippen LogP contribution in [0.15, 0.2) is 121 Å². The number of hydrogen-bond acceptors (Lipinski definition) is 6. The van der Waals surface area contributed by atoms with Crippen LogP contribution in [0.1, 0.15) is 45.8 Å². The van der Waals surface area contributed by atoms with Gasteiger partial charge in [-0.25, -0.2) is 4.79 Å². The second kappa shape index (κ2) is 14.9. The first kappa shape index (κ1) is 31.1. The molecule has 0 spiro atoms. The molecule has 5 aromatic carbocycles. The number of rotatable bonds is 13. The molecule has 8 heteroatoms. The predicted octanol–water partition coefficient (Wildman–Crippen LogP) is 8.13. The van der Waals surface area contributed by atoms with E-state index in [1.807, 2.05) is 36.4 Å². The number of aldehydes is 1. The molecule has 5 aromatic rings. The van der Waals surface area contributed by atoms with Crippen LogP contribution in [0.2, 0.25) is 0 Å². The van der Waals surface area contributed by atoms with Crippen molar-refractivity contribution in [3.63, 3.8) is 0 Å². The first-order valence-corrected chi connectivity index (χ1v) is 15.5. The van der Waals surface area contributed by atoms with E-state index < -0.39 is 6.09 Å². The van der Waals surface area contributed by atoms with Crippen molar-refractivity contribution in [2.45, 2.75) is 25.3 Å². The number of hydrogen-bond donors (Lipinski definition) is 2. The number of benzene rings is 5. The molecule has 0 atom stereocenters. The largest absolute Gasteiger partial charge is 0.494 e. The van der Waals surface area contributed by atoms with Crippen molar-refractivity contribution in [1.29, 1.82) is 0 Å². The molecule has 0 unspecified atom stereocenters. The summed E-state index contributed by atoms with van der Waals surface area (Å²) in [6, 6.07) is 37.8. The Morgan fingerprint density at radius 1 is 0.723 bits per heavy atom. The van der Waals surface area contributed by atoms with E-state index in [1.165, 1.54) is 11.1 Å². The second-order valence-electron chi connectivity index (χ2n) is 11.1. The van der Waals surface area contributed by atoms with Gasteiger partial charge in [-0.15, -0.1) is 0 Å². The van der Waals surface area contributed by atoms with Gasteiger partial charge in [0.2, 0.25) is 0 Å². The van der Waals surface area contributed by atoms with Gasteiger partial charge in [-0.05, 0) is 82.8 Å². The minimum Gasteiger partial charge on any atom is -0.494 e. The van der Waals surface area contributed by atoms with E-state index in [1.54, 1.807) is 60.7 Å². The number of anilines is 1. The number of carbonyl (C=O) groups excluding carboxylic acids is 3. The van der Waals surface area contributed by atoms with Crippen LogP contribution in [0.5, 0.6) is 17.2 Å². The summed E-state index contributed by atoms with van der Waals surface area (Å²) in [6.45, 7) is 0.967. The Morgan fingerprint density at radius 3 is 2.06 bits per heavy atom. The third-order valence-electron chi connectivity index (χ3n) is 7.92. The highest BCUT2D eigenvalue weighted by Crippen LogP contribution is 2.44. The minimum absolute atomic E-state index is 0.00726. The number of fused-ring (bicyclic) bond motifs is 3. The summed E-state index contributed by atoms with van der Waals surface area (Å²) in [6.07, 6.45) is 1.51. The number of ether oxygens (including phenoxy) is 3. The van der Waals surface area contributed by atoms with E-state index in [9.17, 15) is 14.4 Å².